The SMILES string of the molecule is CN(C)C1CCC(NC(=O)N(CCO)C2CCc3ccccc32)C1. The molecule has 2 N–H and O–H groups in total. The van der Waals surface area contributed by atoms with Crippen molar-refractivity contribution in [2.45, 2.75) is 50.2 Å². The van der Waals surface area contributed by atoms with Gasteiger partial charge >= 0.3 is 6.03 Å². The predicted octanol–water partition coefficient (Wildman–Crippen LogP) is 2.16. The molecule has 2 amide bonds. The van der Waals surface area contributed by atoms with Gasteiger partial charge in [0.15, 0.2) is 0 Å². The Morgan fingerprint density at radius 1 is 1.25 bits per heavy atom. The zero-order valence-electron chi connectivity index (χ0n) is 14.7. The molecule has 0 aliphatic heterocycles. The van der Waals surface area contributed by atoms with Crippen molar-refractivity contribution in [2.75, 3.05) is 27.2 Å². The third kappa shape index (κ3) is 3.57. The maximum absolute atomic E-state index is 12.9. The van der Waals surface area contributed by atoms with Gasteiger partial charge in [0, 0.05) is 18.6 Å². The predicted molar refractivity (Wildman–Crippen MR) is 94.9 cm³/mol. The number of aliphatic hydroxyl groups is 1. The highest BCUT2D eigenvalue weighted by atomic mass is 16.3. The Morgan fingerprint density at radius 2 is 2.04 bits per heavy atom. The fourth-order valence-corrected chi connectivity index (χ4v) is 4.18. The summed E-state index contributed by atoms with van der Waals surface area (Å²) in [7, 11) is 4.20. The summed E-state index contributed by atoms with van der Waals surface area (Å²) in [5.74, 6) is 0. The van der Waals surface area contributed by atoms with Crippen LogP contribution in [0.25, 0.3) is 0 Å². The lowest BCUT2D eigenvalue weighted by molar-refractivity contribution is 0.148. The van der Waals surface area contributed by atoms with Crippen LogP contribution in [0, 0.1) is 0 Å². The smallest absolute Gasteiger partial charge is 0.318 e. The van der Waals surface area contributed by atoms with E-state index in [1.54, 1.807) is 0 Å². The number of carbonyl (C=O) groups excluding carboxylic acids is 1. The Balaban J connectivity index is 1.67. The molecule has 3 unspecified atom stereocenters. The topological polar surface area (TPSA) is 55.8 Å². The molecular weight excluding hydrogens is 302 g/mol. The number of aliphatic hydroxyl groups excluding tert-OH is 1. The van der Waals surface area contributed by atoms with Crippen LogP contribution in [0.5, 0.6) is 0 Å². The van der Waals surface area contributed by atoms with Crippen molar-refractivity contribution in [3.8, 4) is 0 Å². The molecule has 5 heteroatoms. The van der Waals surface area contributed by atoms with E-state index >= 15 is 0 Å². The second kappa shape index (κ2) is 7.53. The minimum Gasteiger partial charge on any atom is -0.395 e. The molecule has 1 saturated carbocycles. The van der Waals surface area contributed by atoms with Gasteiger partial charge in [-0.3, -0.25) is 0 Å². The van der Waals surface area contributed by atoms with E-state index in [2.05, 4.69) is 42.5 Å². The van der Waals surface area contributed by atoms with E-state index in [-0.39, 0.29) is 24.7 Å². The van der Waals surface area contributed by atoms with Gasteiger partial charge in [-0.05, 0) is 57.3 Å². The number of hydrogen-bond acceptors (Lipinski definition) is 3. The lowest BCUT2D eigenvalue weighted by Gasteiger charge is -2.31. The molecule has 0 bridgehead atoms. The van der Waals surface area contributed by atoms with E-state index in [0.29, 0.717) is 12.6 Å². The molecule has 2 aliphatic carbocycles. The molecule has 5 nitrogen and oxygen atoms in total. The first-order chi connectivity index (χ1) is 11.6. The molecule has 3 atom stereocenters. The molecule has 0 heterocycles. The number of amides is 2. The monoisotopic (exact) mass is 331 g/mol. The van der Waals surface area contributed by atoms with Crippen molar-refractivity contribution in [1.29, 1.82) is 0 Å². The summed E-state index contributed by atoms with van der Waals surface area (Å²) < 4.78 is 0. The van der Waals surface area contributed by atoms with Gasteiger partial charge in [0.1, 0.15) is 0 Å². The number of carbonyl (C=O) groups is 1. The first-order valence-corrected chi connectivity index (χ1v) is 9.02. The van der Waals surface area contributed by atoms with E-state index in [9.17, 15) is 9.90 Å². The Labute approximate surface area is 144 Å². The third-order valence-electron chi connectivity index (χ3n) is 5.54. The van der Waals surface area contributed by atoms with Crippen molar-refractivity contribution in [1.82, 2.24) is 15.1 Å². The summed E-state index contributed by atoms with van der Waals surface area (Å²) in [6.07, 6.45) is 5.11. The fourth-order valence-electron chi connectivity index (χ4n) is 4.18. The molecule has 0 spiro atoms. The number of benzene rings is 1. The molecule has 1 fully saturated rings. The maximum atomic E-state index is 12.9. The summed E-state index contributed by atoms with van der Waals surface area (Å²) in [6.45, 7) is 0.381. The zero-order chi connectivity index (χ0) is 17.1. The fraction of sp³-hybridized carbons (Fsp3) is 0.632. The van der Waals surface area contributed by atoms with E-state index in [0.717, 1.165) is 32.1 Å². The summed E-state index contributed by atoms with van der Waals surface area (Å²) in [5.41, 5.74) is 2.56. The largest absolute Gasteiger partial charge is 0.395 e. The number of nitrogens with one attached hydrogen (secondary N) is 1. The average molecular weight is 331 g/mol. The minimum atomic E-state index is -0.0323. The second-order valence-electron chi connectivity index (χ2n) is 7.25. The van der Waals surface area contributed by atoms with E-state index < -0.39 is 0 Å². The number of aryl methyl sites for hydroxylation is 1. The van der Waals surface area contributed by atoms with Crippen LogP contribution in [0.1, 0.15) is 42.9 Å². The first-order valence-electron chi connectivity index (χ1n) is 9.02. The number of nitrogens with zero attached hydrogens (tertiary/aromatic N) is 2. The van der Waals surface area contributed by atoms with Gasteiger partial charge in [-0.15, -0.1) is 0 Å². The molecule has 0 aromatic heterocycles. The maximum Gasteiger partial charge on any atom is 0.318 e. The highest BCUT2D eigenvalue weighted by Gasteiger charge is 2.33. The number of hydrogen-bond donors (Lipinski definition) is 2. The quantitative estimate of drug-likeness (QED) is 0.869. The van der Waals surface area contributed by atoms with Crippen LogP contribution >= 0.6 is 0 Å². The summed E-state index contributed by atoms with van der Waals surface area (Å²) in [4.78, 5) is 16.9. The zero-order valence-corrected chi connectivity index (χ0v) is 14.7. The van der Waals surface area contributed by atoms with Crippen LogP contribution in [0.15, 0.2) is 24.3 Å². The molecule has 132 valence electrons. The van der Waals surface area contributed by atoms with Crippen LogP contribution in [0.4, 0.5) is 4.79 Å². The number of rotatable bonds is 5. The van der Waals surface area contributed by atoms with E-state index in [4.69, 9.17) is 0 Å². The van der Waals surface area contributed by atoms with Gasteiger partial charge in [0.2, 0.25) is 0 Å². The molecule has 0 radical (unpaired) electrons. The molecule has 0 saturated heterocycles. The van der Waals surface area contributed by atoms with E-state index in [1.165, 1.54) is 11.1 Å². The van der Waals surface area contributed by atoms with Crippen LogP contribution in [-0.4, -0.2) is 60.3 Å². The van der Waals surface area contributed by atoms with Gasteiger partial charge in [-0.2, -0.15) is 0 Å². The molecule has 2 aliphatic rings. The Bertz CT molecular complexity index is 575. The van der Waals surface area contributed by atoms with Crippen LogP contribution in [0.3, 0.4) is 0 Å². The molecule has 1 aromatic carbocycles. The van der Waals surface area contributed by atoms with Gasteiger partial charge in [-0.25, -0.2) is 4.79 Å². The molecular formula is C19H29N3O2. The van der Waals surface area contributed by atoms with Crippen molar-refractivity contribution in [3.63, 3.8) is 0 Å². The lowest BCUT2D eigenvalue weighted by atomic mass is 10.1. The van der Waals surface area contributed by atoms with Gasteiger partial charge in [0.25, 0.3) is 0 Å². The molecule has 24 heavy (non-hydrogen) atoms. The minimum absolute atomic E-state index is 0.00290. The van der Waals surface area contributed by atoms with E-state index in [1.807, 2.05) is 11.0 Å². The molecule has 1 aromatic rings. The Morgan fingerprint density at radius 3 is 2.75 bits per heavy atom. The summed E-state index contributed by atoms with van der Waals surface area (Å²) in [6, 6.07) is 9.18. The average Bonchev–Trinajstić information content (AvgIpc) is 3.19. The number of urea groups is 1. The molecule has 3 rings (SSSR count). The number of fused-ring (bicyclic) bond motifs is 1. The van der Waals surface area contributed by atoms with Crippen molar-refractivity contribution in [2.24, 2.45) is 0 Å². The highest BCUT2D eigenvalue weighted by molar-refractivity contribution is 5.75. The third-order valence-corrected chi connectivity index (χ3v) is 5.54. The second-order valence-corrected chi connectivity index (χ2v) is 7.25. The standard InChI is InChI=1S/C19H29N3O2/c1-21(2)16-9-8-15(13-16)20-19(24)22(11-12-23)18-10-7-14-5-3-4-6-17(14)18/h3-6,15-16,18,23H,7-13H2,1-2H3,(H,20,24). The normalized spacial score (nSPS) is 25.8. The van der Waals surface area contributed by atoms with Gasteiger partial charge in [0.05, 0.1) is 12.6 Å². The van der Waals surface area contributed by atoms with Crippen molar-refractivity contribution in [3.05, 3.63) is 35.4 Å². The van der Waals surface area contributed by atoms with Gasteiger partial charge in [-0.1, -0.05) is 24.3 Å². The van der Waals surface area contributed by atoms with Crippen LogP contribution < -0.4 is 5.32 Å². The summed E-state index contributed by atoms with van der Waals surface area (Å²) >= 11 is 0. The Kier molecular flexibility index (Phi) is 5.41. The Hall–Kier alpha value is -1.59. The lowest BCUT2D eigenvalue weighted by Crippen LogP contribution is -2.46. The summed E-state index contributed by atoms with van der Waals surface area (Å²) in [5, 5.41) is 12.6. The van der Waals surface area contributed by atoms with Crippen LogP contribution in [0.2, 0.25) is 0 Å². The van der Waals surface area contributed by atoms with Crippen molar-refractivity contribution >= 4 is 6.03 Å². The first kappa shape index (κ1) is 17.2. The van der Waals surface area contributed by atoms with Crippen LogP contribution in [-0.2, 0) is 6.42 Å². The van der Waals surface area contributed by atoms with Gasteiger partial charge < -0.3 is 20.2 Å². The highest BCUT2D eigenvalue weighted by Crippen LogP contribution is 2.35. The van der Waals surface area contributed by atoms with Crippen molar-refractivity contribution < 1.29 is 9.90 Å².